The van der Waals surface area contributed by atoms with Gasteiger partial charge in [-0.1, -0.05) is 15.9 Å². The van der Waals surface area contributed by atoms with E-state index < -0.39 is 12.1 Å². The van der Waals surface area contributed by atoms with Gasteiger partial charge in [0.25, 0.3) is 5.91 Å². The summed E-state index contributed by atoms with van der Waals surface area (Å²) in [6, 6.07) is 7.09. The van der Waals surface area contributed by atoms with Crippen molar-refractivity contribution in [2.24, 2.45) is 0 Å². The zero-order valence-corrected chi connectivity index (χ0v) is 14.2. The zero-order chi connectivity index (χ0) is 16.0. The minimum Gasteiger partial charge on any atom is -0.479 e. The molecule has 0 saturated carbocycles. The molecule has 6 heteroatoms. The Balaban J connectivity index is 2.41. The Labute approximate surface area is 133 Å². The number of hydrogen-bond acceptors (Lipinski definition) is 4. The molecule has 0 saturated heterocycles. The number of nitrogens with one attached hydrogen (secondary N) is 1. The smallest absolute Gasteiger partial charge is 0.347 e. The van der Waals surface area contributed by atoms with Gasteiger partial charge in [0.05, 0.1) is 0 Å². The summed E-state index contributed by atoms with van der Waals surface area (Å²) in [7, 11) is 0. The second-order valence-corrected chi connectivity index (χ2v) is 6.54. The first-order chi connectivity index (χ1) is 9.67. The number of amides is 1. The first kappa shape index (κ1) is 17.5. The maximum absolute atomic E-state index is 11.7. The summed E-state index contributed by atoms with van der Waals surface area (Å²) >= 11 is 3.31. The molecule has 0 spiro atoms. The molecule has 1 N–H and O–H groups in total. The van der Waals surface area contributed by atoms with Crippen molar-refractivity contribution < 1.29 is 19.1 Å². The molecule has 0 bridgehead atoms. The minimum atomic E-state index is -0.784. The molecule has 5 nitrogen and oxygen atoms in total. The van der Waals surface area contributed by atoms with E-state index in [2.05, 4.69) is 21.2 Å². The van der Waals surface area contributed by atoms with Gasteiger partial charge in [0.15, 0.2) is 12.7 Å². The Kier molecular flexibility index (Phi) is 6.20. The average molecular weight is 358 g/mol. The summed E-state index contributed by atoms with van der Waals surface area (Å²) in [6.45, 7) is 6.82. The van der Waals surface area contributed by atoms with Gasteiger partial charge in [0, 0.05) is 10.0 Å². The van der Waals surface area contributed by atoms with Crippen molar-refractivity contribution in [1.29, 1.82) is 0 Å². The van der Waals surface area contributed by atoms with Gasteiger partial charge in [0.2, 0.25) is 0 Å². The van der Waals surface area contributed by atoms with E-state index in [1.54, 1.807) is 19.1 Å². The van der Waals surface area contributed by atoms with Crippen molar-refractivity contribution in [3.63, 3.8) is 0 Å². The molecular formula is C15H20BrNO4. The molecule has 0 unspecified atom stereocenters. The minimum absolute atomic E-state index is 0.315. The highest BCUT2D eigenvalue weighted by atomic mass is 79.9. The fourth-order valence-corrected chi connectivity index (χ4v) is 1.74. The fraction of sp³-hybridized carbons (Fsp3) is 0.467. The van der Waals surface area contributed by atoms with Crippen LogP contribution in [-0.2, 0) is 14.3 Å². The van der Waals surface area contributed by atoms with Gasteiger partial charge >= 0.3 is 5.97 Å². The van der Waals surface area contributed by atoms with Gasteiger partial charge in [0.1, 0.15) is 5.75 Å². The summed E-state index contributed by atoms with van der Waals surface area (Å²) in [4.78, 5) is 23.3. The summed E-state index contributed by atoms with van der Waals surface area (Å²) in [5.41, 5.74) is -0.358. The Morgan fingerprint density at radius 2 is 1.81 bits per heavy atom. The third kappa shape index (κ3) is 7.13. The molecule has 1 aromatic rings. The van der Waals surface area contributed by atoms with Gasteiger partial charge in [-0.15, -0.1) is 0 Å². The molecule has 0 heterocycles. The molecule has 116 valence electrons. The predicted octanol–water partition coefficient (Wildman–Crippen LogP) is 2.67. The normalized spacial score (nSPS) is 12.4. The third-order valence-corrected chi connectivity index (χ3v) is 2.85. The first-order valence-corrected chi connectivity index (χ1v) is 7.36. The second-order valence-electron chi connectivity index (χ2n) is 5.62. The van der Waals surface area contributed by atoms with Gasteiger partial charge in [-0.25, -0.2) is 4.79 Å². The average Bonchev–Trinajstić information content (AvgIpc) is 2.36. The standard InChI is InChI=1S/C15H20BrNO4/c1-10(21-12-7-5-11(16)6-8-12)14(19)20-9-13(18)17-15(2,3)4/h5-8,10H,9H2,1-4H3,(H,17,18)/t10-/m0/s1. The topological polar surface area (TPSA) is 64.6 Å². The molecule has 0 aromatic heterocycles. The summed E-state index contributed by atoms with van der Waals surface area (Å²) in [6.07, 6.45) is -0.784. The van der Waals surface area contributed by atoms with Crippen molar-refractivity contribution in [3.8, 4) is 5.75 Å². The van der Waals surface area contributed by atoms with E-state index in [0.29, 0.717) is 5.75 Å². The van der Waals surface area contributed by atoms with Crippen LogP contribution in [0.1, 0.15) is 27.7 Å². The van der Waals surface area contributed by atoms with Crippen LogP contribution in [0.4, 0.5) is 0 Å². The summed E-state index contributed by atoms with van der Waals surface area (Å²) in [5, 5.41) is 2.71. The van der Waals surface area contributed by atoms with E-state index in [9.17, 15) is 9.59 Å². The molecule has 0 aliphatic carbocycles. The molecule has 1 aromatic carbocycles. The molecule has 0 aliphatic rings. The number of rotatable bonds is 5. The largest absolute Gasteiger partial charge is 0.479 e. The van der Waals surface area contributed by atoms with Gasteiger partial charge in [-0.05, 0) is 52.0 Å². The van der Waals surface area contributed by atoms with Crippen LogP contribution in [-0.4, -0.2) is 30.1 Å². The van der Waals surface area contributed by atoms with E-state index in [0.717, 1.165) is 4.47 Å². The Hall–Kier alpha value is -1.56. The molecular weight excluding hydrogens is 338 g/mol. The van der Waals surface area contributed by atoms with E-state index in [4.69, 9.17) is 9.47 Å². The molecule has 21 heavy (non-hydrogen) atoms. The van der Waals surface area contributed by atoms with E-state index >= 15 is 0 Å². The quantitative estimate of drug-likeness (QED) is 0.822. The molecule has 1 amide bonds. The first-order valence-electron chi connectivity index (χ1n) is 6.57. The SMILES string of the molecule is C[C@H](Oc1ccc(Br)cc1)C(=O)OCC(=O)NC(C)(C)C. The Morgan fingerprint density at radius 1 is 1.24 bits per heavy atom. The zero-order valence-electron chi connectivity index (χ0n) is 12.6. The third-order valence-electron chi connectivity index (χ3n) is 2.32. The second kappa shape index (κ2) is 7.45. The lowest BCUT2D eigenvalue weighted by atomic mass is 10.1. The predicted molar refractivity (Wildman–Crippen MR) is 83.1 cm³/mol. The van der Waals surface area contributed by atoms with E-state index in [-0.39, 0.29) is 18.1 Å². The molecule has 1 rings (SSSR count). The number of ether oxygens (including phenoxy) is 2. The van der Waals surface area contributed by atoms with Crippen LogP contribution >= 0.6 is 15.9 Å². The van der Waals surface area contributed by atoms with Gasteiger partial charge in [-0.3, -0.25) is 4.79 Å². The van der Waals surface area contributed by atoms with E-state index in [1.807, 2.05) is 32.9 Å². The maximum Gasteiger partial charge on any atom is 0.347 e. The van der Waals surface area contributed by atoms with Crippen LogP contribution in [0.25, 0.3) is 0 Å². The van der Waals surface area contributed by atoms with Crippen LogP contribution < -0.4 is 10.1 Å². The lowest BCUT2D eigenvalue weighted by Crippen LogP contribution is -2.43. The van der Waals surface area contributed by atoms with Crippen molar-refractivity contribution in [2.75, 3.05) is 6.61 Å². The monoisotopic (exact) mass is 357 g/mol. The lowest BCUT2D eigenvalue weighted by Gasteiger charge is -2.20. The van der Waals surface area contributed by atoms with Crippen molar-refractivity contribution in [1.82, 2.24) is 5.32 Å². The van der Waals surface area contributed by atoms with Crippen molar-refractivity contribution >= 4 is 27.8 Å². The van der Waals surface area contributed by atoms with Crippen LogP contribution in [0.2, 0.25) is 0 Å². The lowest BCUT2D eigenvalue weighted by molar-refractivity contribution is -0.155. The van der Waals surface area contributed by atoms with Crippen molar-refractivity contribution in [2.45, 2.75) is 39.3 Å². The fourth-order valence-electron chi connectivity index (χ4n) is 1.47. The molecule has 1 atom stereocenters. The molecule has 0 radical (unpaired) electrons. The summed E-state index contributed by atoms with van der Waals surface area (Å²) < 4.78 is 11.3. The Bertz CT molecular complexity index is 493. The summed E-state index contributed by atoms with van der Waals surface area (Å²) in [5.74, 6) is -0.365. The van der Waals surface area contributed by atoms with E-state index in [1.165, 1.54) is 0 Å². The van der Waals surface area contributed by atoms with Crippen LogP contribution in [0.5, 0.6) is 5.75 Å². The number of benzene rings is 1. The highest BCUT2D eigenvalue weighted by Crippen LogP contribution is 2.17. The number of carbonyl (C=O) groups excluding carboxylic acids is 2. The number of carbonyl (C=O) groups is 2. The highest BCUT2D eigenvalue weighted by Gasteiger charge is 2.19. The van der Waals surface area contributed by atoms with Crippen LogP contribution in [0, 0.1) is 0 Å². The molecule has 0 aliphatic heterocycles. The van der Waals surface area contributed by atoms with Crippen molar-refractivity contribution in [3.05, 3.63) is 28.7 Å². The number of esters is 1. The number of halogens is 1. The maximum atomic E-state index is 11.7. The number of hydrogen-bond donors (Lipinski definition) is 1. The Morgan fingerprint density at radius 3 is 2.33 bits per heavy atom. The van der Waals surface area contributed by atoms with Crippen LogP contribution in [0.15, 0.2) is 28.7 Å². The molecule has 0 fully saturated rings. The van der Waals surface area contributed by atoms with Gasteiger partial charge < -0.3 is 14.8 Å². The van der Waals surface area contributed by atoms with Crippen LogP contribution in [0.3, 0.4) is 0 Å². The van der Waals surface area contributed by atoms with Gasteiger partial charge in [-0.2, -0.15) is 0 Å². The highest BCUT2D eigenvalue weighted by molar-refractivity contribution is 9.10.